The zero-order valence-corrected chi connectivity index (χ0v) is 16.7. The fourth-order valence-electron chi connectivity index (χ4n) is 4.46. The molecule has 1 saturated carbocycles. The van der Waals surface area contributed by atoms with E-state index in [4.69, 9.17) is 4.74 Å². The Morgan fingerprint density at radius 2 is 2.04 bits per heavy atom. The number of thiazole rings is 1. The second-order valence-corrected chi connectivity index (χ2v) is 9.08. The van der Waals surface area contributed by atoms with Gasteiger partial charge in [0.05, 0.1) is 16.8 Å². The Morgan fingerprint density at radius 1 is 1.26 bits per heavy atom. The molecule has 2 aliphatic rings. The number of hydrogen-bond acceptors (Lipinski definition) is 5. The monoisotopic (exact) mass is 390 g/mol. The zero-order chi connectivity index (χ0) is 19.0. The molecule has 146 valence electrons. The standard InChI is InChI=1S/C21H27FN2O2S/c1-13-3-4-18(22)20(7-13)26-21-9-16-11-24(10-15(16)8-19(21)25)6-5-17-12-27-14(2)23-17/h3-4,7,12,15-16,19,21,25H,5-6,8-11H2,1-2H3/t15-,16+,19+,21+/m0/s1. The van der Waals surface area contributed by atoms with Crippen LogP contribution in [-0.4, -0.2) is 46.8 Å². The van der Waals surface area contributed by atoms with Crippen LogP contribution in [0.15, 0.2) is 23.6 Å². The van der Waals surface area contributed by atoms with Crippen LogP contribution in [0.5, 0.6) is 5.75 Å². The molecule has 1 saturated heterocycles. The second kappa shape index (κ2) is 7.86. The van der Waals surface area contributed by atoms with Crippen molar-refractivity contribution < 1.29 is 14.2 Å². The van der Waals surface area contributed by atoms with Crippen molar-refractivity contribution in [2.24, 2.45) is 11.8 Å². The number of aliphatic hydroxyl groups excluding tert-OH is 1. The van der Waals surface area contributed by atoms with E-state index < -0.39 is 6.10 Å². The van der Waals surface area contributed by atoms with Gasteiger partial charge in [0.1, 0.15) is 6.10 Å². The van der Waals surface area contributed by atoms with Crippen LogP contribution in [0.25, 0.3) is 0 Å². The Balaban J connectivity index is 1.35. The number of fused-ring (bicyclic) bond motifs is 1. The van der Waals surface area contributed by atoms with E-state index >= 15 is 0 Å². The van der Waals surface area contributed by atoms with Crippen LogP contribution in [0, 0.1) is 31.5 Å². The van der Waals surface area contributed by atoms with Crippen molar-refractivity contribution >= 4 is 11.3 Å². The molecule has 2 aromatic rings. The Morgan fingerprint density at radius 3 is 2.78 bits per heavy atom. The molecule has 0 unspecified atom stereocenters. The topological polar surface area (TPSA) is 45.6 Å². The van der Waals surface area contributed by atoms with Crippen LogP contribution >= 0.6 is 11.3 Å². The SMILES string of the molecule is Cc1ccc(F)c(O[C@@H]2C[C@@H]3CN(CCc4csc(C)n4)C[C@@H]3C[C@H]2O)c1. The summed E-state index contributed by atoms with van der Waals surface area (Å²) < 4.78 is 19.9. The molecule has 1 aliphatic heterocycles. The van der Waals surface area contributed by atoms with E-state index in [9.17, 15) is 9.50 Å². The van der Waals surface area contributed by atoms with Crippen LogP contribution in [0.1, 0.15) is 29.1 Å². The molecule has 6 heteroatoms. The van der Waals surface area contributed by atoms with E-state index in [0.717, 1.165) is 49.5 Å². The molecule has 2 heterocycles. The molecule has 4 nitrogen and oxygen atoms in total. The molecule has 1 aliphatic carbocycles. The summed E-state index contributed by atoms with van der Waals surface area (Å²) >= 11 is 1.70. The van der Waals surface area contributed by atoms with E-state index in [2.05, 4.69) is 15.3 Å². The summed E-state index contributed by atoms with van der Waals surface area (Å²) in [5.41, 5.74) is 2.13. The number of rotatable bonds is 5. The van der Waals surface area contributed by atoms with Gasteiger partial charge in [-0.1, -0.05) is 6.07 Å². The van der Waals surface area contributed by atoms with Crippen molar-refractivity contribution in [2.45, 2.75) is 45.3 Å². The third-order valence-electron chi connectivity index (χ3n) is 5.88. The molecule has 27 heavy (non-hydrogen) atoms. The molecule has 1 aromatic carbocycles. The molecule has 0 radical (unpaired) electrons. The maximum absolute atomic E-state index is 14.0. The Hall–Kier alpha value is -1.50. The maximum Gasteiger partial charge on any atom is 0.165 e. The zero-order valence-electron chi connectivity index (χ0n) is 15.9. The number of likely N-dealkylation sites (tertiary alicyclic amines) is 1. The van der Waals surface area contributed by atoms with Gasteiger partial charge in [-0.2, -0.15) is 0 Å². The molecular weight excluding hydrogens is 363 g/mol. The predicted octanol–water partition coefficient (Wildman–Crippen LogP) is 3.59. The lowest BCUT2D eigenvalue weighted by molar-refractivity contribution is -0.0246. The Labute approximate surface area is 164 Å². The highest BCUT2D eigenvalue weighted by Crippen LogP contribution is 2.38. The molecule has 0 amide bonds. The number of ether oxygens (including phenoxy) is 1. The number of aliphatic hydroxyl groups is 1. The minimum absolute atomic E-state index is 0.256. The normalized spacial score (nSPS) is 28.3. The molecule has 1 N–H and O–H groups in total. The number of nitrogens with zero attached hydrogens (tertiary/aromatic N) is 2. The first-order valence-corrected chi connectivity index (χ1v) is 10.6. The van der Waals surface area contributed by atoms with Crippen molar-refractivity contribution in [2.75, 3.05) is 19.6 Å². The van der Waals surface area contributed by atoms with Crippen molar-refractivity contribution in [1.82, 2.24) is 9.88 Å². The van der Waals surface area contributed by atoms with E-state index in [0.29, 0.717) is 11.8 Å². The van der Waals surface area contributed by atoms with Gasteiger partial charge in [0.25, 0.3) is 0 Å². The quantitative estimate of drug-likeness (QED) is 0.847. The molecular formula is C21H27FN2O2S. The van der Waals surface area contributed by atoms with Gasteiger partial charge in [-0.25, -0.2) is 9.37 Å². The van der Waals surface area contributed by atoms with E-state index in [1.54, 1.807) is 23.5 Å². The second-order valence-electron chi connectivity index (χ2n) is 8.02. The lowest BCUT2D eigenvalue weighted by Crippen LogP contribution is -2.42. The number of hydrogen-bond donors (Lipinski definition) is 1. The predicted molar refractivity (Wildman–Crippen MR) is 105 cm³/mol. The molecule has 1 aromatic heterocycles. The van der Waals surface area contributed by atoms with Crippen molar-refractivity contribution in [1.29, 1.82) is 0 Å². The largest absolute Gasteiger partial charge is 0.485 e. The van der Waals surface area contributed by atoms with Gasteiger partial charge in [-0.05, 0) is 56.2 Å². The summed E-state index contributed by atoms with van der Waals surface area (Å²) in [6, 6.07) is 4.87. The lowest BCUT2D eigenvalue weighted by atomic mass is 9.78. The summed E-state index contributed by atoms with van der Waals surface area (Å²) in [4.78, 5) is 7.02. The fourth-order valence-corrected chi connectivity index (χ4v) is 5.10. The molecule has 0 bridgehead atoms. The first-order chi connectivity index (χ1) is 13.0. The van der Waals surface area contributed by atoms with Crippen LogP contribution in [0.4, 0.5) is 4.39 Å². The first kappa shape index (κ1) is 18.8. The number of benzene rings is 1. The number of halogens is 1. The molecule has 4 atom stereocenters. The van der Waals surface area contributed by atoms with Crippen LogP contribution in [0.2, 0.25) is 0 Å². The lowest BCUT2D eigenvalue weighted by Gasteiger charge is -2.35. The number of aromatic nitrogens is 1. The van der Waals surface area contributed by atoms with Gasteiger partial charge in [-0.15, -0.1) is 11.3 Å². The van der Waals surface area contributed by atoms with Gasteiger partial charge >= 0.3 is 0 Å². The highest BCUT2D eigenvalue weighted by molar-refractivity contribution is 7.09. The maximum atomic E-state index is 14.0. The molecule has 0 spiro atoms. The van der Waals surface area contributed by atoms with E-state index in [1.165, 1.54) is 11.8 Å². The first-order valence-electron chi connectivity index (χ1n) is 9.72. The summed E-state index contributed by atoms with van der Waals surface area (Å²) in [6.45, 7) is 7.01. The average molecular weight is 391 g/mol. The van der Waals surface area contributed by atoms with Crippen molar-refractivity contribution in [3.8, 4) is 5.75 Å². The van der Waals surface area contributed by atoms with Gasteiger partial charge in [-0.3, -0.25) is 0 Å². The highest BCUT2D eigenvalue weighted by Gasteiger charge is 2.42. The van der Waals surface area contributed by atoms with Gasteiger partial charge < -0.3 is 14.7 Å². The van der Waals surface area contributed by atoms with Crippen LogP contribution in [-0.2, 0) is 6.42 Å². The molecule has 4 rings (SSSR count). The summed E-state index contributed by atoms with van der Waals surface area (Å²) in [7, 11) is 0. The van der Waals surface area contributed by atoms with E-state index in [1.807, 2.05) is 13.8 Å². The number of aryl methyl sites for hydroxylation is 2. The summed E-state index contributed by atoms with van der Waals surface area (Å²) in [5, 5.41) is 13.8. The van der Waals surface area contributed by atoms with E-state index in [-0.39, 0.29) is 17.7 Å². The van der Waals surface area contributed by atoms with Crippen LogP contribution < -0.4 is 4.74 Å². The third kappa shape index (κ3) is 4.33. The fraction of sp³-hybridized carbons (Fsp3) is 0.571. The molecule has 2 fully saturated rings. The Bertz CT molecular complexity index is 796. The summed E-state index contributed by atoms with van der Waals surface area (Å²) in [6.07, 6.45) is 1.62. The van der Waals surface area contributed by atoms with Gasteiger partial charge in [0, 0.05) is 31.4 Å². The summed E-state index contributed by atoms with van der Waals surface area (Å²) in [5.74, 6) is 0.899. The van der Waals surface area contributed by atoms with Crippen molar-refractivity contribution in [3.63, 3.8) is 0 Å². The minimum Gasteiger partial charge on any atom is -0.485 e. The highest BCUT2D eigenvalue weighted by atomic mass is 32.1. The third-order valence-corrected chi connectivity index (χ3v) is 6.70. The van der Waals surface area contributed by atoms with Gasteiger partial charge in [0.2, 0.25) is 0 Å². The smallest absolute Gasteiger partial charge is 0.165 e. The van der Waals surface area contributed by atoms with Gasteiger partial charge in [0.15, 0.2) is 11.6 Å². The minimum atomic E-state index is -0.535. The van der Waals surface area contributed by atoms with Crippen molar-refractivity contribution in [3.05, 3.63) is 45.7 Å². The Kier molecular flexibility index (Phi) is 5.48. The van der Waals surface area contributed by atoms with Crippen LogP contribution in [0.3, 0.4) is 0 Å². The average Bonchev–Trinajstić information content (AvgIpc) is 3.22.